The Balaban J connectivity index is 1.34. The number of carbonyl (C=O) groups is 1. The van der Waals surface area contributed by atoms with E-state index in [1.165, 1.54) is 50.6 Å². The number of nitrogens with zero attached hydrogens (tertiary/aromatic N) is 2. The number of benzene rings is 1. The summed E-state index contributed by atoms with van der Waals surface area (Å²) in [6.07, 6.45) is 8.54. The third kappa shape index (κ3) is 3.20. The van der Waals surface area contributed by atoms with Gasteiger partial charge in [-0.05, 0) is 62.2 Å². The van der Waals surface area contributed by atoms with Crippen LogP contribution in [0.25, 0.3) is 10.9 Å². The molecule has 128 valence electrons. The van der Waals surface area contributed by atoms with Crippen LogP contribution in [0.15, 0.2) is 36.5 Å². The topological polar surface area (TPSA) is 37.3 Å². The van der Waals surface area contributed by atoms with Gasteiger partial charge in [-0.15, -0.1) is 0 Å². The molecule has 4 heteroatoms. The summed E-state index contributed by atoms with van der Waals surface area (Å²) in [4.78, 5) is 15.1. The molecule has 1 aromatic carbocycles. The lowest BCUT2D eigenvalue weighted by atomic mass is 9.83. The smallest absolute Gasteiger partial charge is 0.239 e. The molecule has 2 aliphatic heterocycles. The molecule has 4 nitrogen and oxygen atoms in total. The van der Waals surface area contributed by atoms with Crippen molar-refractivity contribution in [3.8, 4) is 0 Å². The molecule has 3 heterocycles. The van der Waals surface area contributed by atoms with E-state index in [0.29, 0.717) is 18.5 Å². The molecule has 0 spiro atoms. The largest absolute Gasteiger partial charge is 0.354 e. The fourth-order valence-corrected chi connectivity index (χ4v) is 4.55. The highest BCUT2D eigenvalue weighted by molar-refractivity contribution is 5.83. The summed E-state index contributed by atoms with van der Waals surface area (Å²) in [5.41, 5.74) is 1.13. The molecule has 2 aromatic rings. The molecule has 2 saturated heterocycles. The van der Waals surface area contributed by atoms with E-state index in [1.54, 1.807) is 0 Å². The van der Waals surface area contributed by atoms with Crippen molar-refractivity contribution in [1.82, 2.24) is 14.8 Å². The van der Waals surface area contributed by atoms with Crippen molar-refractivity contribution in [2.45, 2.75) is 44.7 Å². The number of para-hydroxylation sites is 1. The van der Waals surface area contributed by atoms with Gasteiger partial charge in [0.25, 0.3) is 0 Å². The van der Waals surface area contributed by atoms with E-state index >= 15 is 0 Å². The van der Waals surface area contributed by atoms with Crippen molar-refractivity contribution >= 4 is 16.8 Å². The van der Waals surface area contributed by atoms with Gasteiger partial charge in [0, 0.05) is 24.3 Å². The number of hydrogen-bond acceptors (Lipinski definition) is 2. The molecule has 1 amide bonds. The second-order valence-electron chi connectivity index (χ2n) is 7.31. The highest BCUT2D eigenvalue weighted by atomic mass is 16.1. The van der Waals surface area contributed by atoms with Crippen LogP contribution in [0.2, 0.25) is 0 Å². The number of amides is 1. The number of aromatic nitrogens is 1. The molecule has 0 bridgehead atoms. The lowest BCUT2D eigenvalue weighted by Crippen LogP contribution is -2.51. The Morgan fingerprint density at radius 3 is 2.92 bits per heavy atom. The molecule has 2 atom stereocenters. The maximum absolute atomic E-state index is 12.4. The van der Waals surface area contributed by atoms with Gasteiger partial charge in [0.1, 0.15) is 6.54 Å². The number of carbonyl (C=O) groups excluding carboxylic acids is 1. The highest BCUT2D eigenvalue weighted by Crippen LogP contribution is 2.30. The number of rotatable bonds is 4. The van der Waals surface area contributed by atoms with Crippen molar-refractivity contribution < 1.29 is 4.79 Å². The van der Waals surface area contributed by atoms with Gasteiger partial charge in [-0.2, -0.15) is 0 Å². The molecular formula is C20H27N3O. The van der Waals surface area contributed by atoms with E-state index in [1.807, 2.05) is 22.9 Å². The molecule has 0 radical (unpaired) electrons. The Morgan fingerprint density at radius 1 is 1.08 bits per heavy atom. The van der Waals surface area contributed by atoms with Crippen molar-refractivity contribution in [1.29, 1.82) is 0 Å². The zero-order valence-electron chi connectivity index (χ0n) is 14.3. The first-order chi connectivity index (χ1) is 11.8. The summed E-state index contributed by atoms with van der Waals surface area (Å²) in [7, 11) is 0. The van der Waals surface area contributed by atoms with Crippen LogP contribution in [0.4, 0.5) is 0 Å². The Bertz CT molecular complexity index is 706. The molecule has 2 aliphatic rings. The summed E-state index contributed by atoms with van der Waals surface area (Å²) in [5.74, 6) is 0.758. The minimum absolute atomic E-state index is 0.129. The van der Waals surface area contributed by atoms with Gasteiger partial charge in [0.2, 0.25) is 5.91 Å². The molecule has 0 unspecified atom stereocenters. The number of nitrogens with one attached hydrogen (secondary N) is 1. The van der Waals surface area contributed by atoms with Crippen LogP contribution in [-0.2, 0) is 11.3 Å². The number of hydrogen-bond donors (Lipinski definition) is 1. The molecule has 0 saturated carbocycles. The van der Waals surface area contributed by atoms with Crippen LogP contribution in [0.5, 0.6) is 0 Å². The normalized spacial score (nSPS) is 24.7. The predicted molar refractivity (Wildman–Crippen MR) is 96.9 cm³/mol. The van der Waals surface area contributed by atoms with E-state index in [2.05, 4.69) is 28.4 Å². The van der Waals surface area contributed by atoms with Crippen LogP contribution >= 0.6 is 0 Å². The van der Waals surface area contributed by atoms with Gasteiger partial charge in [0.05, 0.1) is 0 Å². The second kappa shape index (κ2) is 6.98. The Hall–Kier alpha value is -1.81. The first kappa shape index (κ1) is 15.7. The van der Waals surface area contributed by atoms with Crippen molar-refractivity contribution in [2.24, 2.45) is 5.92 Å². The zero-order valence-corrected chi connectivity index (χ0v) is 14.3. The standard InChI is InChI=1S/C20H27N3O/c24-20(15-23-13-10-16-6-1-2-8-18(16)23)21-14-17-7-5-12-22-11-4-3-9-19(17)22/h1-2,6,8,10,13,17,19H,3-5,7,9,11-12,14-15H2,(H,21,24)/t17-,19-/m1/s1. The van der Waals surface area contributed by atoms with Crippen molar-refractivity contribution in [2.75, 3.05) is 19.6 Å². The third-order valence-corrected chi connectivity index (χ3v) is 5.78. The van der Waals surface area contributed by atoms with Crippen LogP contribution in [0.3, 0.4) is 0 Å². The molecule has 0 aliphatic carbocycles. The van der Waals surface area contributed by atoms with Crippen LogP contribution < -0.4 is 5.32 Å². The summed E-state index contributed by atoms with van der Waals surface area (Å²) in [5, 5.41) is 4.39. The minimum Gasteiger partial charge on any atom is -0.354 e. The summed E-state index contributed by atoms with van der Waals surface area (Å²) in [6, 6.07) is 11.0. The maximum atomic E-state index is 12.4. The third-order valence-electron chi connectivity index (χ3n) is 5.78. The van der Waals surface area contributed by atoms with Gasteiger partial charge in [-0.25, -0.2) is 0 Å². The highest BCUT2D eigenvalue weighted by Gasteiger charge is 2.32. The van der Waals surface area contributed by atoms with Crippen molar-refractivity contribution in [3.05, 3.63) is 36.5 Å². The lowest BCUT2D eigenvalue weighted by molar-refractivity contribution is -0.122. The van der Waals surface area contributed by atoms with Gasteiger partial charge < -0.3 is 14.8 Å². The average Bonchev–Trinajstić information content (AvgIpc) is 3.03. The van der Waals surface area contributed by atoms with E-state index in [4.69, 9.17) is 0 Å². The van der Waals surface area contributed by atoms with Gasteiger partial charge in [-0.3, -0.25) is 4.79 Å². The van der Waals surface area contributed by atoms with Crippen LogP contribution in [-0.4, -0.2) is 41.1 Å². The molecular weight excluding hydrogens is 298 g/mol. The van der Waals surface area contributed by atoms with E-state index < -0.39 is 0 Å². The quantitative estimate of drug-likeness (QED) is 0.938. The van der Waals surface area contributed by atoms with Crippen LogP contribution in [0, 0.1) is 5.92 Å². The van der Waals surface area contributed by atoms with Crippen molar-refractivity contribution in [3.63, 3.8) is 0 Å². The SMILES string of the molecule is O=C(Cn1ccc2ccccc21)NC[C@H]1CCCN2CCCC[C@H]12. The second-order valence-corrected chi connectivity index (χ2v) is 7.31. The Morgan fingerprint density at radius 2 is 1.96 bits per heavy atom. The molecule has 2 fully saturated rings. The Labute approximate surface area is 143 Å². The maximum Gasteiger partial charge on any atom is 0.239 e. The van der Waals surface area contributed by atoms with Gasteiger partial charge in [-0.1, -0.05) is 24.6 Å². The Kier molecular flexibility index (Phi) is 4.56. The predicted octanol–water partition coefficient (Wildman–Crippen LogP) is 3.02. The van der Waals surface area contributed by atoms with E-state index in [9.17, 15) is 4.79 Å². The first-order valence-electron chi connectivity index (χ1n) is 9.36. The first-order valence-corrected chi connectivity index (χ1v) is 9.36. The minimum atomic E-state index is 0.129. The molecule has 1 N–H and O–H groups in total. The number of fused-ring (bicyclic) bond motifs is 2. The zero-order chi connectivity index (χ0) is 16.4. The summed E-state index contributed by atoms with van der Waals surface area (Å²) >= 11 is 0. The van der Waals surface area contributed by atoms with E-state index in [-0.39, 0.29) is 5.91 Å². The van der Waals surface area contributed by atoms with Gasteiger partial charge in [0.15, 0.2) is 0 Å². The van der Waals surface area contributed by atoms with Crippen LogP contribution in [0.1, 0.15) is 32.1 Å². The van der Waals surface area contributed by atoms with E-state index in [0.717, 1.165) is 12.1 Å². The van der Waals surface area contributed by atoms with Gasteiger partial charge >= 0.3 is 0 Å². The molecule has 1 aromatic heterocycles. The fourth-order valence-electron chi connectivity index (χ4n) is 4.55. The molecule has 24 heavy (non-hydrogen) atoms. The fraction of sp³-hybridized carbons (Fsp3) is 0.550. The lowest BCUT2D eigenvalue weighted by Gasteiger charge is -2.44. The average molecular weight is 325 g/mol. The molecule has 4 rings (SSSR count). The summed E-state index contributed by atoms with van der Waals surface area (Å²) in [6.45, 7) is 3.75. The number of piperidine rings is 2. The summed E-state index contributed by atoms with van der Waals surface area (Å²) < 4.78 is 2.04. The monoisotopic (exact) mass is 325 g/mol.